The van der Waals surface area contributed by atoms with Gasteiger partial charge in [-0.05, 0) is 48.2 Å². The summed E-state index contributed by atoms with van der Waals surface area (Å²) >= 11 is 2.38. The van der Waals surface area contributed by atoms with Gasteiger partial charge < -0.3 is 14.2 Å². The molecule has 0 atom stereocenters. The third-order valence-electron chi connectivity index (χ3n) is 4.20. The molecule has 0 aliphatic heterocycles. The van der Waals surface area contributed by atoms with Crippen molar-refractivity contribution in [1.29, 1.82) is 5.26 Å². The number of carbonyl (C=O) groups is 2. The lowest BCUT2D eigenvalue weighted by Gasteiger charge is -2.09. The van der Waals surface area contributed by atoms with Crippen LogP contribution in [0, 0.1) is 11.3 Å². The Morgan fingerprint density at radius 1 is 1.12 bits per heavy atom. The fourth-order valence-electron chi connectivity index (χ4n) is 2.58. The van der Waals surface area contributed by atoms with Gasteiger partial charge in [0.05, 0.1) is 19.8 Å². The number of anilines is 1. The molecular weight excluding hydrogens is 464 g/mol. The number of rotatable bonds is 8. The van der Waals surface area contributed by atoms with Crippen LogP contribution >= 0.6 is 23.3 Å². The van der Waals surface area contributed by atoms with E-state index in [0.29, 0.717) is 38.7 Å². The number of hydrogen-bond donors (Lipinski definition) is 1. The number of amides is 1. The van der Waals surface area contributed by atoms with E-state index in [1.165, 1.54) is 38.1 Å². The number of hydrogen-bond acceptors (Lipinski definition) is 10. The highest BCUT2D eigenvalue weighted by atomic mass is 32.2. The smallest absolute Gasteiger partial charge is 0.343 e. The van der Waals surface area contributed by atoms with Crippen LogP contribution in [-0.2, 0) is 4.79 Å². The van der Waals surface area contributed by atoms with Gasteiger partial charge in [0, 0.05) is 11.5 Å². The van der Waals surface area contributed by atoms with Crippen molar-refractivity contribution in [3.63, 3.8) is 0 Å². The second-order valence-electron chi connectivity index (χ2n) is 6.24. The third kappa shape index (κ3) is 6.09. The Bertz CT molecular complexity index is 1230. The van der Waals surface area contributed by atoms with Crippen molar-refractivity contribution in [2.75, 3.05) is 25.8 Å². The molecule has 1 aromatic heterocycles. The largest absolute Gasteiger partial charge is 0.493 e. The van der Waals surface area contributed by atoms with Crippen LogP contribution in [0.4, 0.5) is 5.13 Å². The van der Waals surface area contributed by atoms with Gasteiger partial charge in [0.15, 0.2) is 11.5 Å². The minimum atomic E-state index is -0.592. The van der Waals surface area contributed by atoms with Gasteiger partial charge in [-0.2, -0.15) is 14.6 Å². The summed E-state index contributed by atoms with van der Waals surface area (Å²) in [7, 11) is 2.98. The highest BCUT2D eigenvalue weighted by Crippen LogP contribution is 2.28. The molecule has 1 heterocycles. The maximum absolute atomic E-state index is 12.4. The van der Waals surface area contributed by atoms with Crippen molar-refractivity contribution in [3.05, 3.63) is 59.2 Å². The molecule has 0 fully saturated rings. The van der Waals surface area contributed by atoms with E-state index in [1.54, 1.807) is 36.4 Å². The molecule has 0 unspecified atom stereocenters. The lowest BCUT2D eigenvalue weighted by Crippen LogP contribution is -2.13. The zero-order valence-corrected chi connectivity index (χ0v) is 19.5. The Kier molecular flexibility index (Phi) is 8.01. The number of esters is 1. The number of benzene rings is 2. The number of ether oxygens (including phenoxy) is 3. The van der Waals surface area contributed by atoms with Gasteiger partial charge in [-0.3, -0.25) is 10.1 Å². The number of aromatic nitrogens is 2. The lowest BCUT2D eigenvalue weighted by molar-refractivity contribution is -0.112. The van der Waals surface area contributed by atoms with Crippen LogP contribution in [0.25, 0.3) is 6.08 Å². The van der Waals surface area contributed by atoms with Crippen LogP contribution in [0.5, 0.6) is 17.2 Å². The molecule has 33 heavy (non-hydrogen) atoms. The van der Waals surface area contributed by atoms with E-state index in [4.69, 9.17) is 14.2 Å². The Balaban J connectivity index is 1.68. The van der Waals surface area contributed by atoms with Gasteiger partial charge in [0.25, 0.3) is 5.91 Å². The predicted molar refractivity (Wildman–Crippen MR) is 125 cm³/mol. The van der Waals surface area contributed by atoms with Gasteiger partial charge >= 0.3 is 5.97 Å². The molecule has 0 radical (unpaired) electrons. The van der Waals surface area contributed by atoms with Gasteiger partial charge in [-0.25, -0.2) is 4.79 Å². The average Bonchev–Trinajstić information content (AvgIpc) is 3.30. The standard InChI is InChI=1S/C22H18N4O5S2/c1-29-17-9-6-14(11-18(17)30-2)20(28)31-16-7-4-13(5-8-16)10-15(12-23)19(27)24-21-25-22(32-3)26-33-21/h4-11H,1-3H3,(H,24,25,26,27). The molecule has 168 valence electrons. The minimum Gasteiger partial charge on any atom is -0.493 e. The summed E-state index contributed by atoms with van der Waals surface area (Å²) in [6, 6.07) is 12.9. The van der Waals surface area contributed by atoms with Gasteiger partial charge in [-0.1, -0.05) is 23.9 Å². The first-order valence-electron chi connectivity index (χ1n) is 9.32. The average molecular weight is 483 g/mol. The molecule has 11 heteroatoms. The van der Waals surface area contributed by atoms with Crippen molar-refractivity contribution < 1.29 is 23.8 Å². The Hall–Kier alpha value is -3.88. The molecule has 2 aromatic carbocycles. The number of carbonyl (C=O) groups excluding carboxylic acids is 2. The van der Waals surface area contributed by atoms with E-state index >= 15 is 0 Å². The monoisotopic (exact) mass is 482 g/mol. The molecule has 0 aliphatic carbocycles. The van der Waals surface area contributed by atoms with E-state index in [1.807, 2.05) is 12.3 Å². The normalized spacial score (nSPS) is 10.8. The number of nitrogens with one attached hydrogen (secondary N) is 1. The maximum Gasteiger partial charge on any atom is 0.343 e. The van der Waals surface area contributed by atoms with E-state index in [-0.39, 0.29) is 5.57 Å². The molecule has 0 saturated heterocycles. The fraction of sp³-hybridized carbons (Fsp3) is 0.136. The molecule has 3 aromatic rings. The van der Waals surface area contributed by atoms with E-state index in [9.17, 15) is 14.9 Å². The van der Waals surface area contributed by atoms with Crippen LogP contribution < -0.4 is 19.5 Å². The summed E-state index contributed by atoms with van der Waals surface area (Å²) in [5.74, 6) is 0.0444. The Labute approximate surface area is 198 Å². The van der Waals surface area contributed by atoms with Gasteiger partial charge in [0.1, 0.15) is 17.4 Å². The van der Waals surface area contributed by atoms with E-state index in [0.717, 1.165) is 11.5 Å². The van der Waals surface area contributed by atoms with Crippen LogP contribution in [-0.4, -0.2) is 41.7 Å². The van der Waals surface area contributed by atoms with E-state index in [2.05, 4.69) is 14.7 Å². The summed E-state index contributed by atoms with van der Waals surface area (Å²) in [4.78, 5) is 28.9. The van der Waals surface area contributed by atoms with Crippen LogP contribution in [0.3, 0.4) is 0 Å². The van der Waals surface area contributed by atoms with Crippen LogP contribution in [0.2, 0.25) is 0 Å². The SMILES string of the molecule is COc1ccc(C(=O)Oc2ccc(C=C(C#N)C(=O)Nc3nc(SC)ns3)cc2)cc1OC. The molecule has 3 rings (SSSR count). The van der Waals surface area contributed by atoms with Crippen molar-refractivity contribution >= 4 is 46.4 Å². The first-order chi connectivity index (χ1) is 16.0. The maximum atomic E-state index is 12.4. The molecule has 9 nitrogen and oxygen atoms in total. The minimum absolute atomic E-state index is 0.106. The molecule has 0 saturated carbocycles. The first-order valence-corrected chi connectivity index (χ1v) is 11.3. The van der Waals surface area contributed by atoms with Gasteiger partial charge in [0.2, 0.25) is 10.3 Å². The van der Waals surface area contributed by atoms with E-state index < -0.39 is 11.9 Å². The highest BCUT2D eigenvalue weighted by molar-refractivity contribution is 7.98. The zero-order chi connectivity index (χ0) is 23.8. The topological polar surface area (TPSA) is 123 Å². The van der Waals surface area contributed by atoms with Crippen molar-refractivity contribution in [2.45, 2.75) is 5.16 Å². The predicted octanol–water partition coefficient (Wildman–Crippen LogP) is 4.04. The summed E-state index contributed by atoms with van der Waals surface area (Å²) < 4.78 is 19.8. The van der Waals surface area contributed by atoms with Crippen molar-refractivity contribution in [1.82, 2.24) is 9.36 Å². The quantitative estimate of drug-likeness (QED) is 0.166. The first kappa shape index (κ1) is 23.8. The van der Waals surface area contributed by atoms with Crippen LogP contribution in [0.1, 0.15) is 15.9 Å². The molecular formula is C22H18N4O5S2. The van der Waals surface area contributed by atoms with Crippen molar-refractivity contribution in [2.24, 2.45) is 0 Å². The number of nitrogens with zero attached hydrogens (tertiary/aromatic N) is 3. The van der Waals surface area contributed by atoms with Crippen LogP contribution in [0.15, 0.2) is 53.2 Å². The summed E-state index contributed by atoms with van der Waals surface area (Å²) in [6.07, 6.45) is 3.24. The Morgan fingerprint density at radius 3 is 2.45 bits per heavy atom. The lowest BCUT2D eigenvalue weighted by atomic mass is 10.1. The Morgan fingerprint density at radius 2 is 1.85 bits per heavy atom. The number of thioether (sulfide) groups is 1. The third-order valence-corrected chi connectivity index (χ3v) is 5.49. The number of methoxy groups -OCH3 is 2. The molecule has 1 N–H and O–H groups in total. The second-order valence-corrected chi connectivity index (χ2v) is 7.76. The summed E-state index contributed by atoms with van der Waals surface area (Å²) in [6.45, 7) is 0. The summed E-state index contributed by atoms with van der Waals surface area (Å²) in [5.41, 5.74) is 0.766. The fourth-order valence-corrected chi connectivity index (χ4v) is 3.71. The molecule has 0 bridgehead atoms. The second kappa shape index (κ2) is 11.1. The molecule has 1 amide bonds. The van der Waals surface area contributed by atoms with Crippen molar-refractivity contribution in [3.8, 4) is 23.3 Å². The highest BCUT2D eigenvalue weighted by Gasteiger charge is 2.14. The molecule has 0 spiro atoms. The zero-order valence-electron chi connectivity index (χ0n) is 17.8. The molecule has 0 aliphatic rings. The number of nitriles is 1. The van der Waals surface area contributed by atoms with Gasteiger partial charge in [-0.15, -0.1) is 0 Å². The summed E-state index contributed by atoms with van der Waals surface area (Å²) in [5, 5.41) is 12.8.